The van der Waals surface area contributed by atoms with Crippen LogP contribution in [-0.2, 0) is 16.0 Å². The molecule has 2 aromatic rings. The van der Waals surface area contributed by atoms with E-state index in [2.05, 4.69) is 40.8 Å². The van der Waals surface area contributed by atoms with E-state index in [0.717, 1.165) is 69.1 Å². The lowest BCUT2D eigenvalue weighted by molar-refractivity contribution is -0.130. The molecule has 5 nitrogen and oxygen atoms in total. The lowest BCUT2D eigenvalue weighted by Gasteiger charge is -2.30. The number of aromatic amines is 1. The van der Waals surface area contributed by atoms with Crippen molar-refractivity contribution in [2.75, 3.05) is 45.9 Å². The number of amides is 1. The van der Waals surface area contributed by atoms with Gasteiger partial charge in [0.1, 0.15) is 0 Å². The van der Waals surface area contributed by atoms with Crippen molar-refractivity contribution < 1.29 is 9.53 Å². The van der Waals surface area contributed by atoms with E-state index < -0.39 is 0 Å². The van der Waals surface area contributed by atoms with Gasteiger partial charge in [0.2, 0.25) is 5.91 Å². The summed E-state index contributed by atoms with van der Waals surface area (Å²) in [6.07, 6.45) is 5.23. The molecule has 2 heterocycles. The quantitative estimate of drug-likeness (QED) is 0.634. The van der Waals surface area contributed by atoms with Crippen molar-refractivity contribution in [3.63, 3.8) is 0 Å². The number of rotatable bonds is 10. The van der Waals surface area contributed by atoms with Crippen molar-refractivity contribution in [1.82, 2.24) is 14.8 Å². The number of benzene rings is 1. The summed E-state index contributed by atoms with van der Waals surface area (Å²) in [5, 5.41) is 1.17. The first-order chi connectivity index (χ1) is 13.7. The smallest absolute Gasteiger partial charge is 0.227 e. The fourth-order valence-corrected chi connectivity index (χ4v) is 4.00. The van der Waals surface area contributed by atoms with Crippen molar-refractivity contribution in [3.8, 4) is 0 Å². The van der Waals surface area contributed by atoms with Gasteiger partial charge in [-0.2, -0.15) is 0 Å². The Morgan fingerprint density at radius 1 is 1.14 bits per heavy atom. The molecule has 0 aliphatic carbocycles. The largest absolute Gasteiger partial charge is 0.379 e. The highest BCUT2D eigenvalue weighted by Crippen LogP contribution is 2.23. The highest BCUT2D eigenvalue weighted by molar-refractivity contribution is 5.90. The minimum absolute atomic E-state index is 0.248. The van der Waals surface area contributed by atoms with E-state index in [4.69, 9.17) is 4.74 Å². The summed E-state index contributed by atoms with van der Waals surface area (Å²) in [7, 11) is 0. The van der Waals surface area contributed by atoms with Crippen LogP contribution in [0.2, 0.25) is 0 Å². The van der Waals surface area contributed by atoms with Crippen molar-refractivity contribution in [1.29, 1.82) is 0 Å². The molecule has 1 aromatic heterocycles. The number of fused-ring (bicyclic) bond motifs is 1. The normalized spacial score (nSPS) is 15.2. The Bertz CT molecular complexity index is 749. The molecule has 1 amide bonds. The highest BCUT2D eigenvalue weighted by Gasteiger charge is 2.19. The van der Waals surface area contributed by atoms with E-state index in [-0.39, 0.29) is 5.91 Å². The molecule has 0 bridgehead atoms. The molecule has 5 heteroatoms. The third-order valence-electron chi connectivity index (χ3n) is 5.78. The maximum Gasteiger partial charge on any atom is 0.227 e. The van der Waals surface area contributed by atoms with Gasteiger partial charge in [-0.15, -0.1) is 0 Å². The number of hydrogen-bond acceptors (Lipinski definition) is 3. The molecular weight excluding hydrogens is 350 g/mol. The van der Waals surface area contributed by atoms with Crippen LogP contribution in [0.15, 0.2) is 24.3 Å². The van der Waals surface area contributed by atoms with Crippen LogP contribution in [0.3, 0.4) is 0 Å². The topological polar surface area (TPSA) is 48.6 Å². The molecular formula is C23H35N3O2. The number of carbonyl (C=O) groups excluding carboxylic acids is 1. The third kappa shape index (κ3) is 5.58. The molecule has 1 aromatic carbocycles. The summed E-state index contributed by atoms with van der Waals surface area (Å²) >= 11 is 0. The summed E-state index contributed by atoms with van der Waals surface area (Å²) in [5.74, 6) is 0.248. The van der Waals surface area contributed by atoms with Gasteiger partial charge in [-0.1, -0.05) is 44.4 Å². The van der Waals surface area contributed by atoms with Crippen molar-refractivity contribution >= 4 is 16.8 Å². The monoisotopic (exact) mass is 385 g/mol. The van der Waals surface area contributed by atoms with Crippen LogP contribution < -0.4 is 0 Å². The lowest BCUT2D eigenvalue weighted by atomic mass is 10.1. The zero-order valence-corrected chi connectivity index (χ0v) is 17.5. The zero-order chi connectivity index (χ0) is 19.8. The molecule has 28 heavy (non-hydrogen) atoms. The average Bonchev–Trinajstić information content (AvgIpc) is 3.03. The fourth-order valence-electron chi connectivity index (χ4n) is 4.00. The van der Waals surface area contributed by atoms with Crippen molar-refractivity contribution in [3.05, 3.63) is 35.5 Å². The zero-order valence-electron chi connectivity index (χ0n) is 17.5. The van der Waals surface area contributed by atoms with Gasteiger partial charge >= 0.3 is 0 Å². The van der Waals surface area contributed by atoms with E-state index in [1.807, 2.05) is 12.1 Å². The van der Waals surface area contributed by atoms with Gasteiger partial charge in [0, 0.05) is 49.3 Å². The summed E-state index contributed by atoms with van der Waals surface area (Å²) in [6, 6.07) is 8.27. The molecule has 0 radical (unpaired) electrons. The molecule has 1 fully saturated rings. The van der Waals surface area contributed by atoms with Gasteiger partial charge in [0.15, 0.2) is 0 Å². The molecule has 0 saturated carbocycles. The molecule has 1 aliphatic rings. The number of H-pyrrole nitrogens is 1. The Morgan fingerprint density at radius 3 is 2.71 bits per heavy atom. The first-order valence-corrected chi connectivity index (χ1v) is 10.8. The fraction of sp³-hybridized carbons (Fsp3) is 0.609. The van der Waals surface area contributed by atoms with E-state index in [9.17, 15) is 4.79 Å². The number of morpholine rings is 1. The van der Waals surface area contributed by atoms with Gasteiger partial charge in [-0.05, 0) is 25.0 Å². The van der Waals surface area contributed by atoms with Crippen molar-refractivity contribution in [2.24, 2.45) is 0 Å². The molecule has 0 atom stereocenters. The number of nitrogens with one attached hydrogen (secondary N) is 1. The number of unbranched alkanes of at least 4 members (excludes halogenated alkanes) is 3. The summed E-state index contributed by atoms with van der Waals surface area (Å²) in [4.78, 5) is 21.1. The van der Waals surface area contributed by atoms with Crippen LogP contribution in [0, 0.1) is 6.92 Å². The number of hydrogen-bond donors (Lipinski definition) is 1. The number of nitrogens with zero attached hydrogens (tertiary/aromatic N) is 2. The number of para-hydroxylation sites is 1. The molecule has 1 saturated heterocycles. The summed E-state index contributed by atoms with van der Waals surface area (Å²) in [6.45, 7) is 10.5. The molecule has 0 unspecified atom stereocenters. The van der Waals surface area contributed by atoms with Crippen molar-refractivity contribution in [2.45, 2.75) is 46.0 Å². The van der Waals surface area contributed by atoms with Crippen LogP contribution in [0.1, 0.15) is 43.9 Å². The lowest BCUT2D eigenvalue weighted by Crippen LogP contribution is -2.43. The highest BCUT2D eigenvalue weighted by atomic mass is 16.5. The van der Waals surface area contributed by atoms with E-state index in [0.29, 0.717) is 6.42 Å². The van der Waals surface area contributed by atoms with Gasteiger partial charge in [0.05, 0.1) is 19.6 Å². The number of aromatic nitrogens is 1. The second-order valence-corrected chi connectivity index (χ2v) is 7.85. The maximum atomic E-state index is 13.2. The minimum atomic E-state index is 0.248. The van der Waals surface area contributed by atoms with Gasteiger partial charge < -0.3 is 14.6 Å². The number of carbonyl (C=O) groups is 1. The predicted molar refractivity (Wildman–Crippen MR) is 115 cm³/mol. The second-order valence-electron chi connectivity index (χ2n) is 7.85. The standard InChI is InChI=1S/C23H35N3O2/c1-3-4-5-8-11-26(13-12-25-14-16-28-17-15-25)23(27)18-21-19(2)24-22-10-7-6-9-20(21)22/h6-7,9-10,24H,3-5,8,11-18H2,1-2H3. The molecule has 154 valence electrons. The minimum Gasteiger partial charge on any atom is -0.379 e. The van der Waals surface area contributed by atoms with Crippen LogP contribution in [0.4, 0.5) is 0 Å². The molecule has 3 rings (SSSR count). The van der Waals surface area contributed by atoms with E-state index in [1.54, 1.807) is 0 Å². The van der Waals surface area contributed by atoms with E-state index >= 15 is 0 Å². The van der Waals surface area contributed by atoms with E-state index in [1.165, 1.54) is 24.6 Å². The Balaban J connectivity index is 1.64. The summed E-state index contributed by atoms with van der Waals surface area (Å²) in [5.41, 5.74) is 3.37. The Kier molecular flexibility index (Phi) is 7.92. The number of ether oxygens (including phenoxy) is 1. The van der Waals surface area contributed by atoms with Gasteiger partial charge in [-0.25, -0.2) is 0 Å². The third-order valence-corrected chi connectivity index (χ3v) is 5.78. The summed E-state index contributed by atoms with van der Waals surface area (Å²) < 4.78 is 5.44. The molecule has 1 aliphatic heterocycles. The van der Waals surface area contributed by atoms with Crippen LogP contribution >= 0.6 is 0 Å². The molecule has 0 spiro atoms. The maximum absolute atomic E-state index is 13.2. The van der Waals surface area contributed by atoms with Gasteiger partial charge in [-0.3, -0.25) is 9.69 Å². The first-order valence-electron chi connectivity index (χ1n) is 10.8. The number of aryl methyl sites for hydroxylation is 1. The van der Waals surface area contributed by atoms with Crippen LogP contribution in [0.25, 0.3) is 10.9 Å². The molecule has 1 N–H and O–H groups in total. The SMILES string of the molecule is CCCCCCN(CCN1CCOCC1)C(=O)Cc1c(C)[nH]c2ccccc12. The Labute approximate surface area is 169 Å². The Hall–Kier alpha value is -1.85. The Morgan fingerprint density at radius 2 is 1.93 bits per heavy atom. The van der Waals surface area contributed by atoms with Crippen LogP contribution in [0.5, 0.6) is 0 Å². The first kappa shape index (κ1) is 20.9. The van der Waals surface area contributed by atoms with Gasteiger partial charge in [0.25, 0.3) is 0 Å². The predicted octanol–water partition coefficient (Wildman–Crippen LogP) is 3.76. The average molecular weight is 386 g/mol. The van der Waals surface area contributed by atoms with Crippen LogP contribution in [-0.4, -0.2) is 66.6 Å². The second kappa shape index (κ2) is 10.6.